The van der Waals surface area contributed by atoms with E-state index in [1.165, 1.54) is 24.3 Å². The molecule has 0 atom stereocenters. The van der Waals surface area contributed by atoms with Crippen molar-refractivity contribution in [1.82, 2.24) is 15.0 Å². The van der Waals surface area contributed by atoms with Crippen LogP contribution in [0.4, 0.5) is 22.0 Å². The van der Waals surface area contributed by atoms with Crippen molar-refractivity contribution in [3.63, 3.8) is 0 Å². The minimum absolute atomic E-state index is 0.336. The highest BCUT2D eigenvalue weighted by Gasteiger charge is 2.30. The molecule has 0 aliphatic heterocycles. The van der Waals surface area contributed by atoms with E-state index in [9.17, 15) is 22.0 Å². The Morgan fingerprint density at radius 2 is 1.67 bits per heavy atom. The predicted octanol–water partition coefficient (Wildman–Crippen LogP) is 4.26. The van der Waals surface area contributed by atoms with Crippen molar-refractivity contribution in [1.29, 1.82) is 0 Å². The lowest BCUT2D eigenvalue weighted by atomic mass is 10.1. The zero-order valence-corrected chi connectivity index (χ0v) is 12.0. The van der Waals surface area contributed by atoms with Crippen molar-refractivity contribution >= 4 is 11.0 Å². The molecular weight excluding hydrogens is 333 g/mol. The number of hydrogen-bond donors (Lipinski definition) is 0. The molecule has 126 valence electrons. The first-order chi connectivity index (χ1) is 11.3. The Balaban J connectivity index is 1.91. The van der Waals surface area contributed by atoms with Gasteiger partial charge in [-0.3, -0.25) is 0 Å². The van der Waals surface area contributed by atoms with Gasteiger partial charge in [0.25, 0.3) is 6.43 Å². The van der Waals surface area contributed by atoms with E-state index in [4.69, 9.17) is 0 Å². The van der Waals surface area contributed by atoms with Crippen molar-refractivity contribution in [3.05, 3.63) is 42.5 Å². The monoisotopic (exact) mass is 343 g/mol. The number of rotatable bonds is 4. The maximum absolute atomic E-state index is 12.5. The minimum Gasteiger partial charge on any atom is -0.406 e. The largest absolute Gasteiger partial charge is 0.573 e. The molecule has 0 N–H and O–H groups in total. The van der Waals surface area contributed by atoms with Gasteiger partial charge < -0.3 is 4.74 Å². The number of fused-ring (bicyclic) bond motifs is 1. The van der Waals surface area contributed by atoms with Crippen molar-refractivity contribution < 1.29 is 26.7 Å². The van der Waals surface area contributed by atoms with E-state index in [0.29, 0.717) is 22.2 Å². The fourth-order valence-corrected chi connectivity index (χ4v) is 2.26. The molecule has 0 bridgehead atoms. The summed E-state index contributed by atoms with van der Waals surface area (Å²) in [6, 6.07) is 10.2. The zero-order valence-electron chi connectivity index (χ0n) is 12.0. The first-order valence-corrected chi connectivity index (χ1v) is 6.79. The molecule has 4 nitrogen and oxygen atoms in total. The highest BCUT2D eigenvalue weighted by Crippen LogP contribution is 2.28. The summed E-state index contributed by atoms with van der Waals surface area (Å²) in [5.74, 6) is -0.336. The van der Waals surface area contributed by atoms with Gasteiger partial charge in [0.05, 0.1) is 5.52 Å². The Hall–Kier alpha value is -2.71. The average Bonchev–Trinajstić information content (AvgIpc) is 2.88. The number of hydrogen-bond acceptors (Lipinski definition) is 3. The number of ether oxygens (including phenoxy) is 1. The maximum atomic E-state index is 12.5. The summed E-state index contributed by atoms with van der Waals surface area (Å²) in [5.41, 5.74) is 2.12. The van der Waals surface area contributed by atoms with Crippen LogP contribution in [-0.2, 0) is 6.54 Å². The lowest BCUT2D eigenvalue weighted by molar-refractivity contribution is -0.274. The molecule has 0 unspecified atom stereocenters. The van der Waals surface area contributed by atoms with E-state index in [-0.39, 0.29) is 5.75 Å². The van der Waals surface area contributed by atoms with Crippen LogP contribution < -0.4 is 4.74 Å². The van der Waals surface area contributed by atoms with Gasteiger partial charge in [-0.05, 0) is 35.4 Å². The summed E-state index contributed by atoms with van der Waals surface area (Å²) in [6.45, 7) is -0.585. The smallest absolute Gasteiger partial charge is 0.406 e. The third kappa shape index (κ3) is 3.61. The van der Waals surface area contributed by atoms with Crippen LogP contribution in [0.3, 0.4) is 0 Å². The molecule has 2 aromatic carbocycles. The standard InChI is InChI=1S/C15H10F5N3O/c16-14(17)8-23-13-7-10(3-6-12(13)21-22-23)9-1-4-11(5-2-9)24-15(18,19)20/h1-7,14H,8H2. The van der Waals surface area contributed by atoms with Crippen molar-refractivity contribution in [3.8, 4) is 16.9 Å². The third-order valence-electron chi connectivity index (χ3n) is 3.25. The van der Waals surface area contributed by atoms with Gasteiger partial charge in [0.2, 0.25) is 0 Å². The number of benzene rings is 2. The zero-order chi connectivity index (χ0) is 17.3. The normalized spacial score (nSPS) is 12.1. The maximum Gasteiger partial charge on any atom is 0.573 e. The first kappa shape index (κ1) is 16.2. The molecule has 9 heteroatoms. The van der Waals surface area contributed by atoms with Crippen LogP contribution in [0.15, 0.2) is 42.5 Å². The Morgan fingerprint density at radius 3 is 2.29 bits per heavy atom. The Bertz CT molecular complexity index is 842. The van der Waals surface area contributed by atoms with Gasteiger partial charge in [-0.2, -0.15) is 0 Å². The fourth-order valence-electron chi connectivity index (χ4n) is 2.26. The van der Waals surface area contributed by atoms with E-state index < -0.39 is 19.3 Å². The number of aromatic nitrogens is 3. The molecule has 0 aliphatic rings. The predicted molar refractivity (Wildman–Crippen MR) is 75.7 cm³/mol. The van der Waals surface area contributed by atoms with E-state index in [2.05, 4.69) is 15.0 Å². The summed E-state index contributed by atoms with van der Waals surface area (Å²) < 4.78 is 66.4. The molecule has 3 rings (SSSR count). The highest BCUT2D eigenvalue weighted by molar-refractivity contribution is 5.81. The lowest BCUT2D eigenvalue weighted by Gasteiger charge is -2.09. The van der Waals surface area contributed by atoms with E-state index in [1.54, 1.807) is 18.2 Å². The van der Waals surface area contributed by atoms with Gasteiger partial charge in [-0.25, -0.2) is 13.5 Å². The van der Waals surface area contributed by atoms with Gasteiger partial charge >= 0.3 is 6.36 Å². The number of alkyl halides is 5. The van der Waals surface area contributed by atoms with Gasteiger partial charge in [-0.1, -0.05) is 23.4 Å². The van der Waals surface area contributed by atoms with Gasteiger partial charge in [0.15, 0.2) is 0 Å². The molecule has 0 fully saturated rings. The number of halogens is 5. The topological polar surface area (TPSA) is 39.9 Å². The van der Waals surface area contributed by atoms with Crippen LogP contribution in [0.1, 0.15) is 0 Å². The van der Waals surface area contributed by atoms with Crippen LogP contribution in [0.25, 0.3) is 22.2 Å². The average molecular weight is 343 g/mol. The molecule has 0 saturated carbocycles. The van der Waals surface area contributed by atoms with E-state index in [1.807, 2.05) is 0 Å². The summed E-state index contributed by atoms with van der Waals surface area (Å²) >= 11 is 0. The second-order valence-corrected chi connectivity index (χ2v) is 4.94. The SMILES string of the molecule is FC(F)Cn1nnc2ccc(-c3ccc(OC(F)(F)F)cc3)cc21. The lowest BCUT2D eigenvalue weighted by Crippen LogP contribution is -2.16. The molecule has 3 aromatic rings. The molecular formula is C15H10F5N3O. The summed E-state index contributed by atoms with van der Waals surface area (Å²) in [5, 5.41) is 7.46. The van der Waals surface area contributed by atoms with Gasteiger partial charge in [-0.15, -0.1) is 18.3 Å². The van der Waals surface area contributed by atoms with Gasteiger partial charge in [0.1, 0.15) is 17.8 Å². The second-order valence-electron chi connectivity index (χ2n) is 4.94. The summed E-state index contributed by atoms with van der Waals surface area (Å²) in [4.78, 5) is 0. The van der Waals surface area contributed by atoms with Crippen molar-refractivity contribution in [2.24, 2.45) is 0 Å². The van der Waals surface area contributed by atoms with Crippen LogP contribution in [0.5, 0.6) is 5.75 Å². The highest BCUT2D eigenvalue weighted by atomic mass is 19.4. The fraction of sp³-hybridized carbons (Fsp3) is 0.200. The molecule has 0 spiro atoms. The van der Waals surface area contributed by atoms with Crippen LogP contribution in [-0.4, -0.2) is 27.8 Å². The molecule has 0 radical (unpaired) electrons. The Kier molecular flexibility index (Phi) is 4.08. The molecule has 0 aliphatic carbocycles. The molecule has 0 saturated heterocycles. The van der Waals surface area contributed by atoms with Crippen LogP contribution >= 0.6 is 0 Å². The second kappa shape index (κ2) is 6.06. The molecule has 1 heterocycles. The Morgan fingerprint density at radius 1 is 1.00 bits per heavy atom. The van der Waals surface area contributed by atoms with E-state index in [0.717, 1.165) is 4.68 Å². The number of nitrogens with zero attached hydrogens (tertiary/aromatic N) is 3. The molecule has 0 amide bonds. The first-order valence-electron chi connectivity index (χ1n) is 6.79. The van der Waals surface area contributed by atoms with Gasteiger partial charge in [0, 0.05) is 0 Å². The summed E-state index contributed by atoms with van der Waals surface area (Å²) in [7, 11) is 0. The van der Waals surface area contributed by atoms with E-state index >= 15 is 0 Å². The molecule has 24 heavy (non-hydrogen) atoms. The summed E-state index contributed by atoms with van der Waals surface area (Å²) in [6.07, 6.45) is -7.33. The van der Waals surface area contributed by atoms with Crippen molar-refractivity contribution in [2.75, 3.05) is 0 Å². The van der Waals surface area contributed by atoms with Crippen molar-refractivity contribution in [2.45, 2.75) is 19.3 Å². The third-order valence-corrected chi connectivity index (χ3v) is 3.25. The molecule has 1 aromatic heterocycles. The minimum atomic E-state index is -4.76. The van der Waals surface area contributed by atoms with Crippen LogP contribution in [0.2, 0.25) is 0 Å². The Labute approximate surface area is 132 Å². The quantitative estimate of drug-likeness (QED) is 0.665. The van der Waals surface area contributed by atoms with Crippen LogP contribution in [0, 0.1) is 0 Å².